The van der Waals surface area contributed by atoms with Crippen LogP contribution in [0, 0.1) is 11.8 Å². The molecule has 102 valence electrons. The third-order valence-electron chi connectivity index (χ3n) is 4.24. The molecule has 2 rings (SSSR count). The van der Waals surface area contributed by atoms with Crippen LogP contribution < -0.4 is 10.6 Å². The second-order valence-electron chi connectivity index (χ2n) is 5.66. The summed E-state index contributed by atoms with van der Waals surface area (Å²) in [7, 11) is 3.32. The number of carbonyl (C=O) groups excluding carboxylic acids is 2. The van der Waals surface area contributed by atoms with Crippen LogP contribution in [0.4, 0.5) is 4.79 Å². The molecule has 0 saturated heterocycles. The highest BCUT2D eigenvalue weighted by Gasteiger charge is 2.39. The van der Waals surface area contributed by atoms with Gasteiger partial charge in [-0.15, -0.1) is 0 Å². The Morgan fingerprint density at radius 3 is 2.67 bits per heavy atom. The molecule has 0 heterocycles. The maximum absolute atomic E-state index is 11.8. The van der Waals surface area contributed by atoms with Crippen LogP contribution in [-0.4, -0.2) is 43.5 Å². The summed E-state index contributed by atoms with van der Waals surface area (Å²) in [6.45, 7) is 0.0743. The molecule has 0 aromatic carbocycles. The molecular formula is C13H23N3O2. The second-order valence-corrected chi connectivity index (χ2v) is 5.66. The predicted molar refractivity (Wildman–Crippen MR) is 69.1 cm³/mol. The van der Waals surface area contributed by atoms with Crippen molar-refractivity contribution in [2.75, 3.05) is 20.6 Å². The van der Waals surface area contributed by atoms with E-state index in [1.54, 1.807) is 14.1 Å². The van der Waals surface area contributed by atoms with E-state index in [0.29, 0.717) is 12.0 Å². The molecule has 0 aliphatic heterocycles. The minimum absolute atomic E-state index is 0.0669. The Bertz CT molecular complexity index is 330. The smallest absolute Gasteiger partial charge is 0.317 e. The van der Waals surface area contributed by atoms with Crippen molar-refractivity contribution < 1.29 is 9.59 Å². The monoisotopic (exact) mass is 253 g/mol. The summed E-state index contributed by atoms with van der Waals surface area (Å²) in [5, 5.41) is 5.66. The molecule has 0 spiro atoms. The molecule has 0 aromatic rings. The molecule has 5 nitrogen and oxygen atoms in total. The van der Waals surface area contributed by atoms with Gasteiger partial charge in [0.15, 0.2) is 0 Å². The number of nitrogens with one attached hydrogen (secondary N) is 2. The zero-order chi connectivity index (χ0) is 13.1. The van der Waals surface area contributed by atoms with E-state index in [0.717, 1.165) is 12.3 Å². The first-order valence-corrected chi connectivity index (χ1v) is 6.82. The molecule has 2 saturated carbocycles. The number of urea groups is 1. The normalized spacial score (nSPS) is 29.8. The summed E-state index contributed by atoms with van der Waals surface area (Å²) in [6, 6.07) is 0.108. The minimum atomic E-state index is -0.227. The third-order valence-corrected chi connectivity index (χ3v) is 4.24. The molecule has 5 heteroatoms. The molecule has 3 amide bonds. The number of hydrogen-bond acceptors (Lipinski definition) is 2. The van der Waals surface area contributed by atoms with E-state index in [1.807, 2.05) is 0 Å². The summed E-state index contributed by atoms with van der Waals surface area (Å²) in [5.74, 6) is 1.44. The molecule has 18 heavy (non-hydrogen) atoms. The molecule has 0 unspecified atom stereocenters. The van der Waals surface area contributed by atoms with Crippen molar-refractivity contribution in [3.05, 3.63) is 0 Å². The Labute approximate surface area is 108 Å². The lowest BCUT2D eigenvalue weighted by atomic mass is 9.98. The lowest BCUT2D eigenvalue weighted by molar-refractivity contribution is -0.121. The molecule has 2 fully saturated rings. The lowest BCUT2D eigenvalue weighted by Crippen LogP contribution is -2.45. The van der Waals surface area contributed by atoms with E-state index >= 15 is 0 Å². The highest BCUT2D eigenvalue weighted by Crippen LogP contribution is 2.43. The van der Waals surface area contributed by atoms with Crippen molar-refractivity contribution in [2.24, 2.45) is 11.8 Å². The van der Waals surface area contributed by atoms with E-state index in [2.05, 4.69) is 10.6 Å². The summed E-state index contributed by atoms with van der Waals surface area (Å²) in [4.78, 5) is 24.5. The number of rotatable bonds is 3. The van der Waals surface area contributed by atoms with Crippen LogP contribution in [0.3, 0.4) is 0 Å². The first kappa shape index (κ1) is 13.2. The molecular weight excluding hydrogens is 230 g/mol. The molecule has 2 aliphatic rings. The molecule has 2 N–H and O–H groups in total. The minimum Gasteiger partial charge on any atom is -0.352 e. The molecule has 0 radical (unpaired) electrons. The fourth-order valence-corrected chi connectivity index (χ4v) is 3.31. The van der Waals surface area contributed by atoms with Gasteiger partial charge in [0.2, 0.25) is 5.91 Å². The second kappa shape index (κ2) is 5.59. The van der Waals surface area contributed by atoms with E-state index < -0.39 is 0 Å². The zero-order valence-corrected chi connectivity index (χ0v) is 11.2. The number of fused-ring (bicyclic) bond motifs is 1. The maximum atomic E-state index is 11.8. The SMILES string of the molecule is CN(C)C(=O)NCC(=O)N[C@H]1CC[C@@H]2CCC[C@@H]21. The van der Waals surface area contributed by atoms with Crippen LogP contribution in [0.1, 0.15) is 32.1 Å². The first-order chi connectivity index (χ1) is 8.58. The fraction of sp³-hybridized carbons (Fsp3) is 0.846. The molecule has 2 aliphatic carbocycles. The Balaban J connectivity index is 1.73. The largest absolute Gasteiger partial charge is 0.352 e. The van der Waals surface area contributed by atoms with Crippen molar-refractivity contribution in [1.82, 2.24) is 15.5 Å². The third kappa shape index (κ3) is 2.94. The van der Waals surface area contributed by atoms with E-state index in [1.165, 1.54) is 30.6 Å². The Morgan fingerprint density at radius 2 is 1.94 bits per heavy atom. The van der Waals surface area contributed by atoms with Gasteiger partial charge in [-0.25, -0.2) is 4.79 Å². The Hall–Kier alpha value is -1.26. The summed E-state index contributed by atoms with van der Waals surface area (Å²) < 4.78 is 0. The van der Waals surface area contributed by atoms with Gasteiger partial charge in [0.05, 0.1) is 6.54 Å². The van der Waals surface area contributed by atoms with Gasteiger partial charge in [0.25, 0.3) is 0 Å². The van der Waals surface area contributed by atoms with Gasteiger partial charge >= 0.3 is 6.03 Å². The maximum Gasteiger partial charge on any atom is 0.317 e. The van der Waals surface area contributed by atoms with Gasteiger partial charge < -0.3 is 15.5 Å². The van der Waals surface area contributed by atoms with Crippen molar-refractivity contribution in [1.29, 1.82) is 0 Å². The van der Waals surface area contributed by atoms with Crippen LogP contribution in [0.25, 0.3) is 0 Å². The molecule has 0 aromatic heterocycles. The van der Waals surface area contributed by atoms with E-state index in [4.69, 9.17) is 0 Å². The van der Waals surface area contributed by atoms with Crippen molar-refractivity contribution in [2.45, 2.75) is 38.1 Å². The number of amides is 3. The number of nitrogens with zero attached hydrogens (tertiary/aromatic N) is 1. The van der Waals surface area contributed by atoms with Crippen molar-refractivity contribution in [3.63, 3.8) is 0 Å². The molecule has 0 bridgehead atoms. The Morgan fingerprint density at radius 1 is 1.17 bits per heavy atom. The zero-order valence-electron chi connectivity index (χ0n) is 11.2. The summed E-state index contributed by atoms with van der Waals surface area (Å²) >= 11 is 0. The number of carbonyl (C=O) groups is 2. The average Bonchev–Trinajstić information content (AvgIpc) is 2.90. The van der Waals surface area contributed by atoms with Gasteiger partial charge in [0, 0.05) is 20.1 Å². The first-order valence-electron chi connectivity index (χ1n) is 6.82. The van der Waals surface area contributed by atoms with Gasteiger partial charge in [-0.1, -0.05) is 12.8 Å². The van der Waals surface area contributed by atoms with Crippen LogP contribution >= 0.6 is 0 Å². The van der Waals surface area contributed by atoms with E-state index in [9.17, 15) is 9.59 Å². The highest BCUT2D eigenvalue weighted by atomic mass is 16.2. The fourth-order valence-electron chi connectivity index (χ4n) is 3.31. The van der Waals surface area contributed by atoms with Gasteiger partial charge in [-0.2, -0.15) is 0 Å². The van der Waals surface area contributed by atoms with Crippen LogP contribution in [0.2, 0.25) is 0 Å². The van der Waals surface area contributed by atoms with E-state index in [-0.39, 0.29) is 18.5 Å². The van der Waals surface area contributed by atoms with Gasteiger partial charge in [-0.05, 0) is 31.1 Å². The van der Waals surface area contributed by atoms with Crippen LogP contribution in [0.15, 0.2) is 0 Å². The predicted octanol–water partition coefficient (Wildman–Crippen LogP) is 0.952. The standard InChI is InChI=1S/C13H23N3O2/c1-16(2)13(18)14-8-12(17)15-11-7-6-9-4-3-5-10(9)11/h9-11H,3-8H2,1-2H3,(H,14,18)(H,15,17)/t9-,10-,11-/m0/s1. The average molecular weight is 253 g/mol. The van der Waals surface area contributed by atoms with Crippen LogP contribution in [0.5, 0.6) is 0 Å². The summed E-state index contributed by atoms with van der Waals surface area (Å²) in [6.07, 6.45) is 6.23. The highest BCUT2D eigenvalue weighted by molar-refractivity contribution is 5.83. The number of hydrogen-bond donors (Lipinski definition) is 2. The van der Waals surface area contributed by atoms with Crippen molar-refractivity contribution >= 4 is 11.9 Å². The van der Waals surface area contributed by atoms with Crippen LogP contribution in [-0.2, 0) is 4.79 Å². The topological polar surface area (TPSA) is 61.4 Å². The lowest BCUT2D eigenvalue weighted by Gasteiger charge is -2.20. The van der Waals surface area contributed by atoms with Crippen molar-refractivity contribution in [3.8, 4) is 0 Å². The Kier molecular flexibility index (Phi) is 4.09. The summed E-state index contributed by atoms with van der Waals surface area (Å²) in [5.41, 5.74) is 0. The molecule has 3 atom stereocenters. The quantitative estimate of drug-likeness (QED) is 0.786. The van der Waals surface area contributed by atoms with Gasteiger partial charge in [0.1, 0.15) is 0 Å². The van der Waals surface area contributed by atoms with Gasteiger partial charge in [-0.3, -0.25) is 4.79 Å².